The molecule has 0 bridgehead atoms. The Bertz CT molecular complexity index is 608. The summed E-state index contributed by atoms with van der Waals surface area (Å²) in [6.07, 6.45) is 1.02. The lowest BCUT2D eigenvalue weighted by Gasteiger charge is -2.54. The van der Waals surface area contributed by atoms with Gasteiger partial charge in [0, 0.05) is 19.3 Å². The minimum absolute atomic E-state index is 0.0381. The van der Waals surface area contributed by atoms with E-state index < -0.39 is 17.0 Å². The van der Waals surface area contributed by atoms with Crippen molar-refractivity contribution in [2.75, 3.05) is 6.61 Å². The van der Waals surface area contributed by atoms with E-state index in [9.17, 15) is 9.90 Å². The molecule has 128 valence electrons. The Kier molecular flexibility index (Phi) is 2.40. The summed E-state index contributed by atoms with van der Waals surface area (Å²) in [5, 5.41) is 11.1. The highest BCUT2D eigenvalue weighted by Crippen LogP contribution is 2.73. The number of ether oxygens (including phenoxy) is 4. The lowest BCUT2D eigenvalue weighted by Crippen LogP contribution is -2.63. The standard InChI is InChI=1S/C17H24O6/c1-8-11(21-9(2)18)13-12(22-13)10-5-17(19)16(6-14(8,10)3)15(4,23-16)7-20-17/h8,10-13,19H,5-7H2,1-4H3/t8-,10+,11-,12+,13-,14-,15+,16+,17+/m1/s1. The molecule has 1 spiro atoms. The fraction of sp³-hybridized carbons (Fsp3) is 0.941. The van der Waals surface area contributed by atoms with Crippen molar-refractivity contribution in [3.05, 3.63) is 0 Å². The van der Waals surface area contributed by atoms with Gasteiger partial charge in [-0.25, -0.2) is 0 Å². The van der Waals surface area contributed by atoms with Crippen molar-refractivity contribution in [1.29, 1.82) is 0 Å². The van der Waals surface area contributed by atoms with Crippen molar-refractivity contribution in [3.63, 3.8) is 0 Å². The van der Waals surface area contributed by atoms with Crippen molar-refractivity contribution >= 4 is 5.97 Å². The van der Waals surface area contributed by atoms with Gasteiger partial charge >= 0.3 is 5.97 Å². The van der Waals surface area contributed by atoms with Crippen molar-refractivity contribution in [2.24, 2.45) is 17.3 Å². The van der Waals surface area contributed by atoms with Crippen LogP contribution in [0.5, 0.6) is 0 Å². The number of carbonyl (C=O) groups excluding carboxylic acids is 1. The van der Waals surface area contributed by atoms with Crippen LogP contribution >= 0.6 is 0 Å². The Balaban J connectivity index is 1.52. The smallest absolute Gasteiger partial charge is 0.303 e. The number of carbonyl (C=O) groups is 1. The van der Waals surface area contributed by atoms with Gasteiger partial charge in [-0.1, -0.05) is 13.8 Å². The maximum absolute atomic E-state index is 11.5. The van der Waals surface area contributed by atoms with E-state index >= 15 is 0 Å². The topological polar surface area (TPSA) is 80.8 Å². The maximum atomic E-state index is 11.5. The van der Waals surface area contributed by atoms with Crippen LogP contribution in [-0.4, -0.2) is 53.0 Å². The second-order valence-corrected chi connectivity index (χ2v) is 8.65. The second kappa shape index (κ2) is 3.77. The lowest BCUT2D eigenvalue weighted by molar-refractivity contribution is -0.280. The summed E-state index contributed by atoms with van der Waals surface area (Å²) in [6, 6.07) is 0. The molecule has 3 heterocycles. The Morgan fingerprint density at radius 2 is 2.04 bits per heavy atom. The number of aliphatic hydroxyl groups is 1. The first kappa shape index (κ1) is 14.6. The Morgan fingerprint density at radius 1 is 1.30 bits per heavy atom. The molecule has 23 heavy (non-hydrogen) atoms. The van der Waals surface area contributed by atoms with Crippen molar-refractivity contribution in [2.45, 2.75) is 75.8 Å². The fourth-order valence-corrected chi connectivity index (χ4v) is 5.89. The summed E-state index contributed by atoms with van der Waals surface area (Å²) < 4.78 is 23.3. The number of fused-ring (bicyclic) bond motifs is 3. The minimum atomic E-state index is -1.21. The van der Waals surface area contributed by atoms with E-state index in [0.717, 1.165) is 0 Å². The first-order valence-electron chi connectivity index (χ1n) is 8.55. The number of esters is 1. The van der Waals surface area contributed by atoms with Crippen molar-refractivity contribution in [3.8, 4) is 0 Å². The Labute approximate surface area is 135 Å². The molecule has 0 aromatic rings. The van der Waals surface area contributed by atoms with Crippen LogP contribution in [0.15, 0.2) is 0 Å². The molecule has 3 aliphatic heterocycles. The SMILES string of the molecule is CC(=O)O[C@H]1[C@H]2O[C@H]2[C@@H]2C[C@]3(O)OC[C@]4(C)O[C@@]43C[C@]2(C)[C@@H]1C. The summed E-state index contributed by atoms with van der Waals surface area (Å²) in [4.78, 5) is 11.5. The third-order valence-corrected chi connectivity index (χ3v) is 7.52. The Hall–Kier alpha value is -0.690. The van der Waals surface area contributed by atoms with Crippen molar-refractivity contribution in [1.82, 2.24) is 0 Å². The zero-order chi connectivity index (χ0) is 16.4. The van der Waals surface area contributed by atoms with Gasteiger partial charge < -0.3 is 24.1 Å². The molecule has 1 N–H and O–H groups in total. The first-order chi connectivity index (χ1) is 10.7. The molecule has 9 atom stereocenters. The van der Waals surface area contributed by atoms with Gasteiger partial charge in [0.05, 0.1) is 12.7 Å². The summed E-state index contributed by atoms with van der Waals surface area (Å²) in [7, 11) is 0. The number of hydrogen-bond donors (Lipinski definition) is 1. The summed E-state index contributed by atoms with van der Waals surface area (Å²) in [5.74, 6) is -1.14. The van der Waals surface area contributed by atoms with Crippen molar-refractivity contribution < 1.29 is 28.8 Å². The molecular formula is C17H24O6. The normalized spacial score (nSPS) is 65.0. The van der Waals surface area contributed by atoms with Crippen LogP contribution in [0.2, 0.25) is 0 Å². The van der Waals surface area contributed by atoms with Gasteiger partial charge in [-0.05, 0) is 24.7 Å². The summed E-state index contributed by atoms with van der Waals surface area (Å²) in [5.41, 5.74) is -1.13. The monoisotopic (exact) mass is 324 g/mol. The molecule has 0 radical (unpaired) electrons. The number of hydrogen-bond acceptors (Lipinski definition) is 6. The zero-order valence-electron chi connectivity index (χ0n) is 14.0. The third-order valence-electron chi connectivity index (χ3n) is 7.52. The summed E-state index contributed by atoms with van der Waals surface area (Å²) in [6.45, 7) is 8.26. The molecule has 6 heteroatoms. The van der Waals surface area contributed by atoms with E-state index in [1.54, 1.807) is 0 Å². The van der Waals surface area contributed by atoms with Gasteiger partial charge in [0.25, 0.3) is 0 Å². The van der Waals surface area contributed by atoms with Gasteiger partial charge in [-0.3, -0.25) is 4.79 Å². The molecule has 6 nitrogen and oxygen atoms in total. The van der Waals surface area contributed by atoms with Gasteiger partial charge in [0.15, 0.2) is 11.4 Å². The molecule has 5 aliphatic rings. The fourth-order valence-electron chi connectivity index (χ4n) is 5.89. The van der Waals surface area contributed by atoms with Gasteiger partial charge in [-0.2, -0.15) is 0 Å². The maximum Gasteiger partial charge on any atom is 0.303 e. The Morgan fingerprint density at radius 3 is 2.70 bits per heavy atom. The largest absolute Gasteiger partial charge is 0.459 e. The third kappa shape index (κ3) is 1.48. The van der Waals surface area contributed by atoms with E-state index in [1.807, 2.05) is 6.92 Å². The number of epoxide rings is 2. The molecule has 2 saturated carbocycles. The second-order valence-electron chi connectivity index (χ2n) is 8.65. The zero-order valence-corrected chi connectivity index (χ0v) is 14.0. The molecule has 0 amide bonds. The molecule has 5 rings (SSSR count). The number of rotatable bonds is 1. The lowest BCUT2D eigenvalue weighted by atomic mass is 9.51. The van der Waals surface area contributed by atoms with Crippen LogP contribution in [0.25, 0.3) is 0 Å². The van der Waals surface area contributed by atoms with Gasteiger partial charge in [0.1, 0.15) is 17.8 Å². The van der Waals surface area contributed by atoms with Crippen LogP contribution in [0.3, 0.4) is 0 Å². The molecular weight excluding hydrogens is 300 g/mol. The quantitative estimate of drug-likeness (QED) is 0.572. The van der Waals surface area contributed by atoms with Crippen LogP contribution in [0.4, 0.5) is 0 Å². The molecule has 2 aliphatic carbocycles. The average Bonchev–Trinajstić information content (AvgIpc) is 3.33. The highest BCUT2D eigenvalue weighted by atomic mass is 16.8. The van der Waals surface area contributed by atoms with E-state index in [1.165, 1.54) is 6.92 Å². The molecule has 0 aromatic carbocycles. The highest BCUT2D eigenvalue weighted by molar-refractivity contribution is 5.66. The molecule has 3 saturated heterocycles. The van der Waals surface area contributed by atoms with Crippen LogP contribution in [0, 0.1) is 17.3 Å². The molecule has 0 unspecified atom stereocenters. The average molecular weight is 324 g/mol. The van der Waals surface area contributed by atoms with Crippen LogP contribution in [0.1, 0.15) is 40.5 Å². The van der Waals surface area contributed by atoms with Gasteiger partial charge in [-0.15, -0.1) is 0 Å². The summed E-state index contributed by atoms with van der Waals surface area (Å²) >= 11 is 0. The van der Waals surface area contributed by atoms with Gasteiger partial charge in [0.2, 0.25) is 0 Å². The predicted molar refractivity (Wildman–Crippen MR) is 77.3 cm³/mol. The van der Waals surface area contributed by atoms with Crippen LogP contribution < -0.4 is 0 Å². The van der Waals surface area contributed by atoms with E-state index in [0.29, 0.717) is 19.4 Å². The highest BCUT2D eigenvalue weighted by Gasteiger charge is 2.87. The minimum Gasteiger partial charge on any atom is -0.459 e. The molecule has 5 fully saturated rings. The molecule has 0 aromatic heterocycles. The van der Waals surface area contributed by atoms with E-state index in [-0.39, 0.29) is 41.5 Å². The van der Waals surface area contributed by atoms with Crippen LogP contribution in [-0.2, 0) is 23.7 Å². The predicted octanol–water partition coefficient (Wildman–Crippen LogP) is 0.998. The van der Waals surface area contributed by atoms with E-state index in [2.05, 4.69) is 13.8 Å². The van der Waals surface area contributed by atoms with E-state index in [4.69, 9.17) is 18.9 Å². The first-order valence-corrected chi connectivity index (χ1v) is 8.55.